The Labute approximate surface area is 498 Å². The molecule has 0 fully saturated rings. The van der Waals surface area contributed by atoms with Crippen molar-refractivity contribution in [3.8, 4) is 39.8 Å². The van der Waals surface area contributed by atoms with Crippen LogP contribution in [0.2, 0.25) is 0 Å². The van der Waals surface area contributed by atoms with E-state index in [9.17, 15) is 29.1 Å². The van der Waals surface area contributed by atoms with Crippen molar-refractivity contribution < 1.29 is 67.1 Å². The van der Waals surface area contributed by atoms with E-state index in [-0.39, 0.29) is 91.6 Å². The minimum Gasteiger partial charge on any atom is -0.504 e. The Morgan fingerprint density at radius 2 is 1.31 bits per heavy atom. The molecular weight excluding hydrogens is 1090 g/mol. The van der Waals surface area contributed by atoms with Crippen LogP contribution in [0.3, 0.4) is 0 Å². The van der Waals surface area contributed by atoms with Gasteiger partial charge in [-0.3, -0.25) is 24.5 Å². The zero-order valence-corrected chi connectivity index (χ0v) is 52.3. The molecule has 0 radical (unpaired) electrons. The molecule has 6 amide bonds. The van der Waals surface area contributed by atoms with Crippen LogP contribution in [0.25, 0.3) is 22.5 Å². The Kier molecular flexibility index (Phi) is 22.9. The summed E-state index contributed by atoms with van der Waals surface area (Å²) in [6.45, 7) is 27.0. The highest BCUT2D eigenvalue weighted by Gasteiger charge is 2.37. The van der Waals surface area contributed by atoms with Crippen molar-refractivity contribution >= 4 is 41.8 Å². The lowest BCUT2D eigenvalue weighted by molar-refractivity contribution is -0.145. The maximum atomic E-state index is 15.4. The second-order valence-corrected chi connectivity index (χ2v) is 24.8. The summed E-state index contributed by atoms with van der Waals surface area (Å²) in [4.78, 5) is 108. The third kappa shape index (κ3) is 20.0. The maximum Gasteiger partial charge on any atom is 0.407 e. The quantitative estimate of drug-likeness (QED) is 0.0215. The number of rotatable bonds is 19. The average Bonchev–Trinajstić information content (AvgIpc) is 1.82. The predicted octanol–water partition coefficient (Wildman–Crippen LogP) is 7.01. The van der Waals surface area contributed by atoms with Crippen molar-refractivity contribution in [3.63, 3.8) is 0 Å². The fourth-order valence-electron chi connectivity index (χ4n) is 8.93. The van der Waals surface area contributed by atoms with E-state index in [0.29, 0.717) is 22.8 Å². The molecule has 0 saturated carbocycles. The molecule has 3 aromatic carbocycles. The van der Waals surface area contributed by atoms with Gasteiger partial charge in [0.05, 0.1) is 49.5 Å². The van der Waals surface area contributed by atoms with E-state index in [4.69, 9.17) is 38.4 Å². The minimum atomic E-state index is -1.57. The van der Waals surface area contributed by atoms with Crippen LogP contribution in [-0.2, 0) is 50.0 Å². The number of carbonyl (C=O) groups excluding carboxylic acids is 7. The molecule has 7 N–H and O–H groups in total. The number of methoxy groups -OCH3 is 1. The zero-order chi connectivity index (χ0) is 63.4. The molecule has 1 aromatic heterocycles. The van der Waals surface area contributed by atoms with Gasteiger partial charge in [0.2, 0.25) is 17.7 Å². The molecule has 1 aliphatic rings. The molecule has 85 heavy (non-hydrogen) atoms. The van der Waals surface area contributed by atoms with Crippen LogP contribution in [0.5, 0.6) is 17.2 Å². The fourth-order valence-corrected chi connectivity index (χ4v) is 8.93. The molecule has 23 nitrogen and oxygen atoms in total. The highest BCUT2D eigenvalue weighted by atomic mass is 16.6. The summed E-state index contributed by atoms with van der Waals surface area (Å²) in [5.74, 6) is -3.85. The Hall–Kier alpha value is -8.05. The second-order valence-electron chi connectivity index (χ2n) is 24.8. The normalized spacial score (nSPS) is 16.1. The van der Waals surface area contributed by atoms with E-state index >= 15 is 9.59 Å². The molecule has 2 heterocycles. The number of aryl methyl sites for hydroxylation is 2. The Balaban J connectivity index is 1.64. The SMILES string of the molecule is COC(=O)[C@@H]1Cc2cc(OCCNC(=O)OC(C)(C)C)c(O)c(c2)-c2cc(ccc2OCCNC(=O)OC(C)(C)C)[C@H](N(C)C(=O)[C@H](CCNCOC(C)(C)C)NC(=O)c2c(C)nc(-c3ccc(C(C)(C)C)cc3)nc2C)C(=O)N[C@@H](C)C(=O)N1. The zero-order valence-electron chi connectivity index (χ0n) is 52.3. The van der Waals surface area contributed by atoms with Crippen LogP contribution in [0.15, 0.2) is 54.6 Å². The van der Waals surface area contributed by atoms with Crippen molar-refractivity contribution in [2.24, 2.45) is 0 Å². The molecule has 4 bridgehead atoms. The summed E-state index contributed by atoms with van der Waals surface area (Å²) in [5, 5.41) is 29.0. The van der Waals surface area contributed by atoms with Gasteiger partial charge in [0.25, 0.3) is 5.91 Å². The van der Waals surface area contributed by atoms with Crippen molar-refractivity contribution in [2.45, 2.75) is 163 Å². The number of hydrogen-bond acceptors (Lipinski definition) is 17. The number of phenolic OH excluding ortho intramolecular Hbond substituents is 1. The molecule has 0 unspecified atom stereocenters. The van der Waals surface area contributed by atoms with Gasteiger partial charge in [-0.25, -0.2) is 24.4 Å². The third-order valence-corrected chi connectivity index (χ3v) is 13.1. The van der Waals surface area contributed by atoms with E-state index in [1.165, 1.54) is 44.3 Å². The van der Waals surface area contributed by atoms with E-state index in [1.807, 2.05) is 45.0 Å². The monoisotopic (exact) mass is 1180 g/mol. The van der Waals surface area contributed by atoms with Gasteiger partial charge in [0, 0.05) is 30.2 Å². The number of hydrogen-bond donors (Lipinski definition) is 7. The Morgan fingerprint density at radius 3 is 1.85 bits per heavy atom. The summed E-state index contributed by atoms with van der Waals surface area (Å²) in [6.07, 6.45) is -1.61. The largest absolute Gasteiger partial charge is 0.504 e. The van der Waals surface area contributed by atoms with Gasteiger partial charge in [0.1, 0.15) is 54.3 Å². The van der Waals surface area contributed by atoms with Gasteiger partial charge in [-0.15, -0.1) is 0 Å². The topological polar surface area (TPSA) is 296 Å². The van der Waals surface area contributed by atoms with E-state index in [2.05, 4.69) is 52.7 Å². The number of nitrogens with one attached hydrogen (secondary N) is 6. The van der Waals surface area contributed by atoms with Crippen LogP contribution >= 0.6 is 0 Å². The van der Waals surface area contributed by atoms with Gasteiger partial charge in [0.15, 0.2) is 17.3 Å². The third-order valence-electron chi connectivity index (χ3n) is 13.1. The van der Waals surface area contributed by atoms with E-state index in [1.54, 1.807) is 55.4 Å². The van der Waals surface area contributed by atoms with Crippen LogP contribution in [0.4, 0.5) is 9.59 Å². The molecule has 0 saturated heterocycles. The summed E-state index contributed by atoms with van der Waals surface area (Å²) in [5.41, 5.74) is 1.30. The number of ether oxygens (including phenoxy) is 6. The minimum absolute atomic E-state index is 0.00621. The standard InChI is InChI=1S/C62H87N9O14/c1-35-48(36(2)67-51(66-35)39-18-21-41(22-19-39)59(4,5)6)53(74)69-44(24-25-63-34-83-60(7,8)9)55(76)71(16)49-40-20-23-46(81-28-26-64-57(78)84-61(10,11)12)42(33-40)43-30-38(31-45(56(77)80-17)70-52(73)37(3)68-54(49)75)32-47(50(43)72)82-29-27-65-58(79)85-62(13,14)15/h18-23,30,32-33,37,44-45,49,63,72H,24-29,31,34H2,1-17H3,(H,64,78)(H,65,79)(H,68,75)(H,69,74)(H,70,73)/t37-,44-,45-,49-/m0/s1. The van der Waals surface area contributed by atoms with Crippen LogP contribution in [-0.4, -0.2) is 150 Å². The van der Waals surface area contributed by atoms with Crippen molar-refractivity contribution in [1.82, 2.24) is 46.8 Å². The average molecular weight is 1180 g/mol. The lowest BCUT2D eigenvalue weighted by atomic mass is 9.86. The molecule has 464 valence electrons. The first-order valence-electron chi connectivity index (χ1n) is 28.3. The van der Waals surface area contributed by atoms with Crippen molar-refractivity contribution in [2.75, 3.05) is 53.7 Å². The van der Waals surface area contributed by atoms with Gasteiger partial charge >= 0.3 is 18.2 Å². The lowest BCUT2D eigenvalue weighted by Gasteiger charge is -2.33. The number of nitrogens with zero attached hydrogens (tertiary/aromatic N) is 3. The highest BCUT2D eigenvalue weighted by Crippen LogP contribution is 2.44. The fraction of sp³-hybridized carbons (Fsp3) is 0.532. The van der Waals surface area contributed by atoms with Crippen molar-refractivity contribution in [3.05, 3.63) is 88.2 Å². The summed E-state index contributed by atoms with van der Waals surface area (Å²) in [7, 11) is 2.53. The first-order valence-corrected chi connectivity index (χ1v) is 28.3. The molecule has 5 rings (SSSR count). The Bertz CT molecular complexity index is 3030. The molecule has 0 spiro atoms. The Morgan fingerprint density at radius 1 is 0.729 bits per heavy atom. The molecule has 23 heteroatoms. The number of esters is 1. The molecular formula is C62H87N9O14. The number of amides is 6. The number of carbonyl (C=O) groups is 7. The smallest absolute Gasteiger partial charge is 0.407 e. The van der Waals surface area contributed by atoms with E-state index < -0.39 is 88.5 Å². The van der Waals surface area contributed by atoms with E-state index in [0.717, 1.165) is 23.1 Å². The number of aromatic nitrogens is 2. The predicted molar refractivity (Wildman–Crippen MR) is 319 cm³/mol. The first kappa shape index (κ1) is 67.7. The summed E-state index contributed by atoms with van der Waals surface area (Å²) in [6, 6.07) is 9.92. The number of likely N-dealkylation sites (N-methyl/N-ethyl adjacent to an activating group) is 1. The number of alkyl carbamates (subject to hydrolysis) is 2. The van der Waals surface area contributed by atoms with Crippen LogP contribution in [0, 0.1) is 13.8 Å². The summed E-state index contributed by atoms with van der Waals surface area (Å²) < 4.78 is 34.2. The molecule has 0 aliphatic carbocycles. The number of aromatic hydroxyl groups is 1. The number of fused-ring (bicyclic) bond motifs is 5. The molecule has 4 aromatic rings. The first-order chi connectivity index (χ1) is 39.5. The lowest BCUT2D eigenvalue weighted by Crippen LogP contribution is -2.55. The van der Waals surface area contributed by atoms with Crippen LogP contribution in [0.1, 0.15) is 141 Å². The number of phenols is 1. The second kappa shape index (κ2) is 28.7. The van der Waals surface area contributed by atoms with Gasteiger partial charge in [-0.05, 0) is 142 Å². The molecule has 1 aliphatic heterocycles. The van der Waals surface area contributed by atoms with Gasteiger partial charge in [-0.1, -0.05) is 51.1 Å². The highest BCUT2D eigenvalue weighted by molar-refractivity contribution is 6.00. The summed E-state index contributed by atoms with van der Waals surface area (Å²) >= 11 is 0. The van der Waals surface area contributed by atoms with Gasteiger partial charge < -0.3 is 65.0 Å². The molecule has 4 atom stereocenters. The maximum absolute atomic E-state index is 15.4. The van der Waals surface area contributed by atoms with Gasteiger partial charge in [-0.2, -0.15) is 0 Å². The van der Waals surface area contributed by atoms with Crippen molar-refractivity contribution in [1.29, 1.82) is 0 Å². The van der Waals surface area contributed by atoms with Crippen LogP contribution < -0.4 is 41.4 Å². The number of benzene rings is 3.